The van der Waals surface area contributed by atoms with Crippen molar-refractivity contribution in [2.45, 2.75) is 26.8 Å². The summed E-state index contributed by atoms with van der Waals surface area (Å²) in [7, 11) is 0. The van der Waals surface area contributed by atoms with Crippen molar-refractivity contribution >= 4 is 0 Å². The molecule has 1 aromatic heterocycles. The number of aryl methyl sites for hydroxylation is 1. The van der Waals surface area contributed by atoms with E-state index < -0.39 is 0 Å². The number of ether oxygens (including phenoxy) is 1. The van der Waals surface area contributed by atoms with Crippen molar-refractivity contribution in [2.24, 2.45) is 0 Å². The van der Waals surface area contributed by atoms with Crippen molar-refractivity contribution in [2.75, 3.05) is 13.2 Å². The fourth-order valence-electron chi connectivity index (χ4n) is 1.96. The van der Waals surface area contributed by atoms with Gasteiger partial charge in [-0.2, -0.15) is 0 Å². The van der Waals surface area contributed by atoms with Gasteiger partial charge in [0.25, 0.3) is 0 Å². The van der Waals surface area contributed by atoms with Gasteiger partial charge in [-0.3, -0.25) is 0 Å². The van der Waals surface area contributed by atoms with Crippen molar-refractivity contribution in [3.63, 3.8) is 0 Å². The van der Waals surface area contributed by atoms with Gasteiger partial charge in [0.15, 0.2) is 0 Å². The normalized spacial score (nSPS) is 12.4. The van der Waals surface area contributed by atoms with Crippen LogP contribution in [0.15, 0.2) is 41.0 Å². The van der Waals surface area contributed by atoms with Gasteiger partial charge in [-0.05, 0) is 50.1 Å². The highest BCUT2D eigenvalue weighted by Crippen LogP contribution is 2.20. The smallest absolute Gasteiger partial charge is 0.122 e. The van der Waals surface area contributed by atoms with Crippen LogP contribution in [0, 0.1) is 13.8 Å². The van der Waals surface area contributed by atoms with Gasteiger partial charge in [0.1, 0.15) is 18.1 Å². The molecule has 0 aliphatic heterocycles. The second-order valence-electron chi connectivity index (χ2n) is 4.74. The first kappa shape index (κ1) is 13.7. The lowest BCUT2D eigenvalue weighted by Gasteiger charge is -2.13. The van der Waals surface area contributed by atoms with E-state index in [0.717, 1.165) is 18.1 Å². The molecule has 102 valence electrons. The molecular formula is C16H21NO2. The number of nitrogens with one attached hydrogen (secondary N) is 1. The summed E-state index contributed by atoms with van der Waals surface area (Å²) in [4.78, 5) is 0. The molecule has 0 radical (unpaired) electrons. The van der Waals surface area contributed by atoms with Gasteiger partial charge >= 0.3 is 0 Å². The molecule has 1 aromatic carbocycles. The summed E-state index contributed by atoms with van der Waals surface area (Å²) >= 11 is 0. The van der Waals surface area contributed by atoms with Crippen LogP contribution in [-0.2, 0) is 0 Å². The van der Waals surface area contributed by atoms with Crippen LogP contribution in [0.2, 0.25) is 0 Å². The lowest BCUT2D eigenvalue weighted by molar-refractivity contribution is 0.300. The molecule has 0 aliphatic carbocycles. The zero-order valence-corrected chi connectivity index (χ0v) is 11.8. The van der Waals surface area contributed by atoms with E-state index in [9.17, 15) is 0 Å². The minimum absolute atomic E-state index is 0.206. The van der Waals surface area contributed by atoms with E-state index in [1.54, 1.807) is 6.26 Å². The zero-order chi connectivity index (χ0) is 13.7. The molecule has 1 atom stereocenters. The number of furan rings is 1. The Bertz CT molecular complexity index is 505. The summed E-state index contributed by atoms with van der Waals surface area (Å²) in [6.07, 6.45) is 1.69. The highest BCUT2D eigenvalue weighted by atomic mass is 16.5. The molecule has 0 saturated carbocycles. The van der Waals surface area contributed by atoms with Gasteiger partial charge < -0.3 is 14.5 Å². The highest BCUT2D eigenvalue weighted by molar-refractivity contribution is 5.38. The monoisotopic (exact) mass is 259 g/mol. The molecule has 3 nitrogen and oxygen atoms in total. The number of hydrogen-bond donors (Lipinski definition) is 1. The molecule has 0 bridgehead atoms. The zero-order valence-electron chi connectivity index (χ0n) is 11.8. The molecule has 0 aliphatic rings. The SMILES string of the molecule is Cc1cccc(OCCNC(C)c2ccco2)c1C. The summed E-state index contributed by atoms with van der Waals surface area (Å²) in [5, 5.41) is 3.37. The third kappa shape index (κ3) is 3.61. The quantitative estimate of drug-likeness (QED) is 0.804. The van der Waals surface area contributed by atoms with Gasteiger partial charge in [-0.15, -0.1) is 0 Å². The van der Waals surface area contributed by atoms with Gasteiger partial charge in [-0.25, -0.2) is 0 Å². The van der Waals surface area contributed by atoms with Crippen molar-refractivity contribution < 1.29 is 9.15 Å². The third-order valence-electron chi connectivity index (χ3n) is 3.34. The van der Waals surface area contributed by atoms with E-state index >= 15 is 0 Å². The fourth-order valence-corrected chi connectivity index (χ4v) is 1.96. The maximum Gasteiger partial charge on any atom is 0.122 e. The van der Waals surface area contributed by atoms with Gasteiger partial charge in [-0.1, -0.05) is 12.1 Å². The topological polar surface area (TPSA) is 34.4 Å². The Hall–Kier alpha value is -1.74. The largest absolute Gasteiger partial charge is 0.492 e. The molecule has 19 heavy (non-hydrogen) atoms. The van der Waals surface area contributed by atoms with Crippen LogP contribution in [0.4, 0.5) is 0 Å². The van der Waals surface area contributed by atoms with E-state index in [2.05, 4.69) is 32.2 Å². The second kappa shape index (κ2) is 6.43. The maximum atomic E-state index is 5.79. The standard InChI is InChI=1S/C16H21NO2/c1-12-6-4-7-15(13(12)2)19-11-9-17-14(3)16-8-5-10-18-16/h4-8,10,14,17H,9,11H2,1-3H3. The Labute approximate surface area is 114 Å². The molecule has 1 N–H and O–H groups in total. The van der Waals surface area contributed by atoms with Crippen LogP contribution in [0.5, 0.6) is 5.75 Å². The van der Waals surface area contributed by atoms with Crippen LogP contribution in [0.1, 0.15) is 29.9 Å². The molecule has 0 fully saturated rings. The number of benzene rings is 1. The van der Waals surface area contributed by atoms with E-state index in [4.69, 9.17) is 9.15 Å². The van der Waals surface area contributed by atoms with E-state index in [1.807, 2.05) is 24.3 Å². The molecule has 3 heteroatoms. The van der Waals surface area contributed by atoms with Crippen molar-refractivity contribution in [1.29, 1.82) is 0 Å². The van der Waals surface area contributed by atoms with Crippen LogP contribution >= 0.6 is 0 Å². The van der Waals surface area contributed by atoms with Crippen molar-refractivity contribution in [3.05, 3.63) is 53.5 Å². The van der Waals surface area contributed by atoms with Gasteiger partial charge in [0, 0.05) is 6.54 Å². The molecule has 1 heterocycles. The Balaban J connectivity index is 1.76. The average molecular weight is 259 g/mol. The van der Waals surface area contributed by atoms with Crippen LogP contribution in [-0.4, -0.2) is 13.2 Å². The Morgan fingerprint density at radius 2 is 2.05 bits per heavy atom. The lowest BCUT2D eigenvalue weighted by Crippen LogP contribution is -2.24. The van der Waals surface area contributed by atoms with E-state index in [-0.39, 0.29) is 6.04 Å². The summed E-state index contributed by atoms with van der Waals surface area (Å²) in [6, 6.07) is 10.2. The first-order chi connectivity index (χ1) is 9.18. The molecule has 1 unspecified atom stereocenters. The van der Waals surface area contributed by atoms with Crippen molar-refractivity contribution in [3.8, 4) is 5.75 Å². The first-order valence-corrected chi connectivity index (χ1v) is 6.64. The lowest BCUT2D eigenvalue weighted by atomic mass is 10.1. The predicted octanol–water partition coefficient (Wildman–Crippen LogP) is 3.63. The summed E-state index contributed by atoms with van der Waals surface area (Å²) in [6.45, 7) is 7.70. The predicted molar refractivity (Wildman–Crippen MR) is 76.5 cm³/mol. The minimum atomic E-state index is 0.206. The summed E-state index contributed by atoms with van der Waals surface area (Å²) < 4.78 is 11.1. The van der Waals surface area contributed by atoms with Gasteiger partial charge in [0.05, 0.1) is 12.3 Å². The van der Waals surface area contributed by atoms with Crippen LogP contribution in [0.3, 0.4) is 0 Å². The highest BCUT2D eigenvalue weighted by Gasteiger charge is 2.07. The number of hydrogen-bond acceptors (Lipinski definition) is 3. The molecule has 2 rings (SSSR count). The number of rotatable bonds is 6. The molecule has 2 aromatic rings. The van der Waals surface area contributed by atoms with Crippen molar-refractivity contribution in [1.82, 2.24) is 5.32 Å². The Kier molecular flexibility index (Phi) is 4.63. The summed E-state index contributed by atoms with van der Waals surface area (Å²) in [5.74, 6) is 1.92. The first-order valence-electron chi connectivity index (χ1n) is 6.64. The van der Waals surface area contributed by atoms with E-state index in [0.29, 0.717) is 6.61 Å². The third-order valence-corrected chi connectivity index (χ3v) is 3.34. The fraction of sp³-hybridized carbons (Fsp3) is 0.375. The average Bonchev–Trinajstić information content (AvgIpc) is 2.93. The molecule has 0 saturated heterocycles. The maximum absolute atomic E-state index is 5.79. The Morgan fingerprint density at radius 3 is 2.79 bits per heavy atom. The minimum Gasteiger partial charge on any atom is -0.492 e. The van der Waals surface area contributed by atoms with Crippen LogP contribution in [0.25, 0.3) is 0 Å². The van der Waals surface area contributed by atoms with E-state index in [1.165, 1.54) is 11.1 Å². The molecule has 0 amide bonds. The van der Waals surface area contributed by atoms with Crippen LogP contribution < -0.4 is 10.1 Å². The summed E-state index contributed by atoms with van der Waals surface area (Å²) in [5.41, 5.74) is 2.47. The van der Waals surface area contributed by atoms with Gasteiger partial charge in [0.2, 0.25) is 0 Å². The Morgan fingerprint density at radius 1 is 1.21 bits per heavy atom. The second-order valence-corrected chi connectivity index (χ2v) is 4.74. The molecular weight excluding hydrogens is 238 g/mol. The molecule has 0 spiro atoms.